The highest BCUT2D eigenvalue weighted by Crippen LogP contribution is 2.36. The molecule has 2 fully saturated rings. The van der Waals surface area contributed by atoms with Gasteiger partial charge in [-0.05, 0) is 44.1 Å². The van der Waals surface area contributed by atoms with Crippen molar-refractivity contribution in [2.75, 3.05) is 20.1 Å². The molecular formula is C23H32N4O6. The highest BCUT2D eigenvalue weighted by molar-refractivity contribution is 5.88. The van der Waals surface area contributed by atoms with E-state index >= 15 is 0 Å². The second-order valence-corrected chi connectivity index (χ2v) is 8.76. The molecule has 0 radical (unpaired) electrons. The Balaban J connectivity index is 1.71. The van der Waals surface area contributed by atoms with Crippen molar-refractivity contribution in [1.29, 1.82) is 0 Å². The highest BCUT2D eigenvalue weighted by Gasteiger charge is 2.50. The van der Waals surface area contributed by atoms with E-state index in [4.69, 9.17) is 0 Å². The van der Waals surface area contributed by atoms with E-state index in [1.165, 1.54) is 11.9 Å². The van der Waals surface area contributed by atoms with Crippen LogP contribution < -0.4 is 10.6 Å². The minimum atomic E-state index is -1.09. The lowest BCUT2D eigenvalue weighted by atomic mass is 9.91. The summed E-state index contributed by atoms with van der Waals surface area (Å²) in [6.45, 7) is 2.32. The highest BCUT2D eigenvalue weighted by atomic mass is 16.4. The lowest BCUT2D eigenvalue weighted by molar-refractivity contribution is -0.151. The molecule has 33 heavy (non-hydrogen) atoms. The van der Waals surface area contributed by atoms with E-state index in [1.54, 1.807) is 11.8 Å². The van der Waals surface area contributed by atoms with Gasteiger partial charge in [-0.3, -0.25) is 14.9 Å². The van der Waals surface area contributed by atoms with Gasteiger partial charge in [0, 0.05) is 20.1 Å². The van der Waals surface area contributed by atoms with E-state index in [-0.39, 0.29) is 24.9 Å². The van der Waals surface area contributed by atoms with E-state index in [1.807, 2.05) is 30.3 Å². The number of aliphatic carboxylic acids is 2. The molecule has 2 aliphatic heterocycles. The smallest absolute Gasteiger partial charge is 0.326 e. The van der Waals surface area contributed by atoms with Crippen LogP contribution in [0, 0.1) is 5.92 Å². The molecule has 3 rings (SSSR count). The first-order valence-electron chi connectivity index (χ1n) is 11.3. The number of fused-ring (bicyclic) bond motifs is 1. The molecule has 5 atom stereocenters. The Hall–Kier alpha value is -3.14. The molecule has 4 N–H and O–H groups in total. The molecule has 2 saturated heterocycles. The lowest BCUT2D eigenvalue weighted by Crippen LogP contribution is -2.59. The molecule has 2 aliphatic rings. The fourth-order valence-electron chi connectivity index (χ4n) is 4.91. The summed E-state index contributed by atoms with van der Waals surface area (Å²) in [5, 5.41) is 24.9. The summed E-state index contributed by atoms with van der Waals surface area (Å²) in [5.41, 5.74) is 0.995. The largest absolute Gasteiger partial charge is 0.480 e. The van der Waals surface area contributed by atoms with Crippen molar-refractivity contribution in [3.63, 3.8) is 0 Å². The number of hydrogen-bond acceptors (Lipinski definition) is 5. The van der Waals surface area contributed by atoms with Crippen LogP contribution in [0.2, 0.25) is 0 Å². The summed E-state index contributed by atoms with van der Waals surface area (Å²) in [5.74, 6) is -2.63. The first kappa shape index (κ1) is 24.5. The van der Waals surface area contributed by atoms with Gasteiger partial charge in [0.1, 0.15) is 12.1 Å². The maximum Gasteiger partial charge on any atom is 0.326 e. The van der Waals surface area contributed by atoms with Crippen LogP contribution in [0.25, 0.3) is 0 Å². The molecule has 180 valence electrons. The van der Waals surface area contributed by atoms with E-state index in [2.05, 4.69) is 10.6 Å². The van der Waals surface area contributed by atoms with E-state index in [0.717, 1.165) is 5.56 Å². The van der Waals surface area contributed by atoms with Gasteiger partial charge in [-0.1, -0.05) is 30.3 Å². The first-order valence-corrected chi connectivity index (χ1v) is 11.3. The van der Waals surface area contributed by atoms with E-state index in [9.17, 15) is 29.4 Å². The van der Waals surface area contributed by atoms with Crippen molar-refractivity contribution in [3.8, 4) is 0 Å². The number of urea groups is 1. The number of rotatable bonds is 8. The fraction of sp³-hybridized carbons (Fsp3) is 0.565. The zero-order valence-corrected chi connectivity index (χ0v) is 18.9. The number of nitrogens with one attached hydrogen (secondary N) is 2. The average molecular weight is 461 g/mol. The number of piperidine rings is 1. The Kier molecular flexibility index (Phi) is 7.91. The molecule has 0 spiro atoms. The average Bonchev–Trinajstić information content (AvgIpc) is 3.20. The molecule has 2 heterocycles. The van der Waals surface area contributed by atoms with Crippen LogP contribution in [0.4, 0.5) is 4.79 Å². The maximum absolute atomic E-state index is 13.4. The minimum absolute atomic E-state index is 0.0171. The Bertz CT molecular complexity index is 879. The summed E-state index contributed by atoms with van der Waals surface area (Å²) >= 11 is 0. The van der Waals surface area contributed by atoms with Gasteiger partial charge in [0.05, 0.1) is 12.1 Å². The third kappa shape index (κ3) is 5.62. The third-order valence-electron chi connectivity index (χ3n) is 6.67. The number of nitrogens with zero attached hydrogens (tertiary/aromatic N) is 2. The summed E-state index contributed by atoms with van der Waals surface area (Å²) in [6, 6.07) is 5.95. The van der Waals surface area contributed by atoms with Crippen LogP contribution in [-0.4, -0.2) is 88.2 Å². The van der Waals surface area contributed by atoms with Crippen LogP contribution >= 0.6 is 0 Å². The van der Waals surface area contributed by atoms with Crippen molar-refractivity contribution < 1.29 is 29.4 Å². The number of amides is 3. The van der Waals surface area contributed by atoms with Gasteiger partial charge in [-0.25, -0.2) is 9.59 Å². The maximum atomic E-state index is 13.4. The number of hydrogen-bond donors (Lipinski definition) is 4. The van der Waals surface area contributed by atoms with Gasteiger partial charge in [-0.15, -0.1) is 0 Å². The second-order valence-electron chi connectivity index (χ2n) is 8.76. The normalized spacial score (nSPS) is 24.0. The Morgan fingerprint density at radius 1 is 1.15 bits per heavy atom. The molecule has 0 saturated carbocycles. The molecule has 0 unspecified atom stereocenters. The predicted molar refractivity (Wildman–Crippen MR) is 120 cm³/mol. The zero-order valence-electron chi connectivity index (χ0n) is 18.9. The van der Waals surface area contributed by atoms with Gasteiger partial charge in [0.2, 0.25) is 5.91 Å². The molecule has 3 amide bonds. The number of benzene rings is 1. The van der Waals surface area contributed by atoms with E-state index in [0.29, 0.717) is 25.8 Å². The van der Waals surface area contributed by atoms with Crippen LogP contribution in [-0.2, 0) is 20.8 Å². The quantitative estimate of drug-likeness (QED) is 0.449. The summed E-state index contributed by atoms with van der Waals surface area (Å²) in [7, 11) is 1.53. The first-order chi connectivity index (χ1) is 15.7. The fourth-order valence-corrected chi connectivity index (χ4v) is 4.91. The van der Waals surface area contributed by atoms with Crippen molar-refractivity contribution in [3.05, 3.63) is 35.9 Å². The van der Waals surface area contributed by atoms with E-state index < -0.39 is 42.0 Å². The molecule has 0 aliphatic carbocycles. The van der Waals surface area contributed by atoms with Gasteiger partial charge in [0.25, 0.3) is 0 Å². The van der Waals surface area contributed by atoms with Crippen molar-refractivity contribution in [1.82, 2.24) is 20.4 Å². The van der Waals surface area contributed by atoms with Crippen LogP contribution in [0.1, 0.15) is 31.7 Å². The number of likely N-dealkylation sites (tertiary alicyclic amines) is 2. The Morgan fingerprint density at radius 2 is 1.85 bits per heavy atom. The van der Waals surface area contributed by atoms with Gasteiger partial charge < -0.3 is 25.3 Å². The predicted octanol–water partition coefficient (Wildman–Crippen LogP) is 0.766. The lowest BCUT2D eigenvalue weighted by Gasteiger charge is -2.39. The number of carbonyl (C=O) groups is 4. The minimum Gasteiger partial charge on any atom is -0.480 e. The molecule has 10 nitrogen and oxygen atoms in total. The zero-order chi connectivity index (χ0) is 24.1. The van der Waals surface area contributed by atoms with Gasteiger partial charge >= 0.3 is 18.0 Å². The molecular weight excluding hydrogens is 428 g/mol. The monoisotopic (exact) mass is 460 g/mol. The molecule has 0 aromatic heterocycles. The molecule has 10 heteroatoms. The summed E-state index contributed by atoms with van der Waals surface area (Å²) < 4.78 is 0. The van der Waals surface area contributed by atoms with Crippen LogP contribution in [0.5, 0.6) is 0 Å². The topological polar surface area (TPSA) is 139 Å². The van der Waals surface area contributed by atoms with Crippen molar-refractivity contribution in [2.24, 2.45) is 5.92 Å². The van der Waals surface area contributed by atoms with Gasteiger partial charge in [-0.2, -0.15) is 0 Å². The number of carboxylic acids is 2. The molecule has 1 aromatic rings. The van der Waals surface area contributed by atoms with Crippen LogP contribution in [0.15, 0.2) is 30.3 Å². The van der Waals surface area contributed by atoms with Crippen LogP contribution in [0.3, 0.4) is 0 Å². The molecule has 1 aromatic carbocycles. The number of carboxylic acid groups (broad SMARTS) is 2. The molecule has 0 bridgehead atoms. The van der Waals surface area contributed by atoms with Crippen molar-refractivity contribution >= 4 is 23.9 Å². The SMILES string of the molecule is CNC(=O)N1CC[C@@H]2C[C@H](C(=O)O)N(C(=O)[C@H](C)N[C@H](CCc3ccccc3)C(=O)O)[C@H]2C1. The third-order valence-corrected chi connectivity index (χ3v) is 6.67. The number of carbonyl (C=O) groups excluding carboxylic acids is 2. The Morgan fingerprint density at radius 3 is 2.45 bits per heavy atom. The van der Waals surface area contributed by atoms with Crippen molar-refractivity contribution in [2.45, 2.75) is 56.8 Å². The number of aryl methyl sites for hydroxylation is 1. The Labute approximate surface area is 192 Å². The standard InChI is InChI=1S/C23H32N4O6/c1-14(25-17(21(29)30)9-8-15-6-4-3-5-7-15)20(28)27-18(22(31)32)12-16-10-11-26(13-19(16)27)23(33)24-2/h3-7,14,16-19,25H,8-13H2,1-2H3,(H,24,33)(H,29,30)(H,31,32)/t14-,16+,17+,18+,19-/m0/s1. The second kappa shape index (κ2) is 10.7. The summed E-state index contributed by atoms with van der Waals surface area (Å²) in [6.07, 6.45) is 1.76. The van der Waals surface area contributed by atoms with Gasteiger partial charge in [0.15, 0.2) is 0 Å². The summed E-state index contributed by atoms with van der Waals surface area (Å²) in [4.78, 5) is 52.2.